The number of nitrogens with two attached hydrogens (primary N) is 1. The van der Waals surface area contributed by atoms with Gasteiger partial charge in [-0.3, -0.25) is 4.99 Å². The molecule has 0 aromatic heterocycles. The van der Waals surface area contributed by atoms with Crippen LogP contribution in [0.3, 0.4) is 0 Å². The second-order valence-electron chi connectivity index (χ2n) is 5.15. The summed E-state index contributed by atoms with van der Waals surface area (Å²) in [5.74, 6) is 0.0858. The molecule has 1 spiro atoms. The van der Waals surface area contributed by atoms with Crippen LogP contribution in [0.25, 0.3) is 0 Å². The molecule has 0 atom stereocenters. The Morgan fingerprint density at radius 2 is 2.05 bits per heavy atom. The number of nitrogens with zero attached hydrogens (tertiary/aromatic N) is 2. The Morgan fingerprint density at radius 3 is 2.89 bits per heavy atom. The molecular weight excluding hydrogens is 242 g/mol. The average Bonchev–Trinajstić information content (AvgIpc) is 2.71. The molecular formula is C14H17N3O2. The van der Waals surface area contributed by atoms with Gasteiger partial charge < -0.3 is 20.1 Å². The van der Waals surface area contributed by atoms with E-state index in [1.54, 1.807) is 0 Å². The third-order valence-corrected chi connectivity index (χ3v) is 3.92. The van der Waals surface area contributed by atoms with Gasteiger partial charge in [0.05, 0.1) is 18.9 Å². The normalized spacial score (nSPS) is 24.0. The van der Waals surface area contributed by atoms with Gasteiger partial charge in [0, 0.05) is 24.3 Å². The minimum atomic E-state index is -0.816. The van der Waals surface area contributed by atoms with Crippen molar-refractivity contribution in [2.45, 2.75) is 18.6 Å². The van der Waals surface area contributed by atoms with Crippen molar-refractivity contribution in [2.24, 2.45) is 4.99 Å². The van der Waals surface area contributed by atoms with Gasteiger partial charge in [-0.1, -0.05) is 0 Å². The highest BCUT2D eigenvalue weighted by Gasteiger charge is 2.53. The van der Waals surface area contributed by atoms with Crippen LogP contribution in [-0.4, -0.2) is 32.1 Å². The predicted octanol–water partition coefficient (Wildman–Crippen LogP) is 1.48. The van der Waals surface area contributed by atoms with Crippen LogP contribution in [0.1, 0.15) is 18.4 Å². The Bertz CT molecular complexity index is 550. The van der Waals surface area contributed by atoms with Gasteiger partial charge >= 0.3 is 0 Å². The van der Waals surface area contributed by atoms with Crippen molar-refractivity contribution in [3.05, 3.63) is 23.8 Å². The monoisotopic (exact) mass is 259 g/mol. The van der Waals surface area contributed by atoms with Crippen molar-refractivity contribution in [1.82, 2.24) is 0 Å². The lowest BCUT2D eigenvalue weighted by Crippen LogP contribution is -2.49. The molecule has 1 fully saturated rings. The standard InChI is InChI=1S/C14H17N3O2/c15-10-3-4-12-11(9-10)14(18-7-2-8-19-14)13-16-5-1-6-17(12)13/h3-4,9H,1-2,5-8,15H2. The lowest BCUT2D eigenvalue weighted by molar-refractivity contribution is -0.228. The number of ether oxygens (including phenoxy) is 2. The first-order valence-corrected chi connectivity index (χ1v) is 6.82. The first-order chi connectivity index (χ1) is 9.31. The van der Waals surface area contributed by atoms with Gasteiger partial charge in [-0.2, -0.15) is 0 Å². The van der Waals surface area contributed by atoms with Crippen LogP contribution in [0.15, 0.2) is 23.2 Å². The lowest BCUT2D eigenvalue weighted by atomic mass is 10.0. The maximum Gasteiger partial charge on any atom is 0.257 e. The number of nitrogen functional groups attached to an aromatic ring is 1. The SMILES string of the molecule is Nc1ccc2c(c1)C1(OCCCO1)C1=NCCCN12. The van der Waals surface area contributed by atoms with Gasteiger partial charge in [-0.05, 0) is 31.0 Å². The number of rotatable bonds is 0. The van der Waals surface area contributed by atoms with E-state index < -0.39 is 5.79 Å². The Hall–Kier alpha value is -1.59. The lowest BCUT2D eigenvalue weighted by Gasteiger charge is -2.36. The zero-order valence-corrected chi connectivity index (χ0v) is 10.8. The molecule has 3 heterocycles. The topological polar surface area (TPSA) is 60.1 Å². The number of aliphatic imine (C=N–C) groups is 1. The molecule has 19 heavy (non-hydrogen) atoms. The molecule has 0 amide bonds. The van der Waals surface area contributed by atoms with E-state index in [0.717, 1.165) is 48.7 Å². The summed E-state index contributed by atoms with van der Waals surface area (Å²) in [6.07, 6.45) is 1.98. The highest BCUT2D eigenvalue weighted by Crippen LogP contribution is 2.47. The van der Waals surface area contributed by atoms with Crippen molar-refractivity contribution in [2.75, 3.05) is 36.9 Å². The summed E-state index contributed by atoms with van der Waals surface area (Å²) in [6, 6.07) is 5.93. The molecule has 0 saturated carbocycles. The molecule has 1 aromatic rings. The molecule has 2 N–H and O–H groups in total. The maximum absolute atomic E-state index is 6.03. The average molecular weight is 259 g/mol. The summed E-state index contributed by atoms with van der Waals surface area (Å²) < 4.78 is 12.1. The van der Waals surface area contributed by atoms with Crippen LogP contribution < -0.4 is 10.6 Å². The van der Waals surface area contributed by atoms with Crippen LogP contribution in [0.2, 0.25) is 0 Å². The summed E-state index contributed by atoms with van der Waals surface area (Å²) in [5.41, 5.74) is 8.80. The molecule has 4 rings (SSSR count). The van der Waals surface area contributed by atoms with Gasteiger partial charge in [0.15, 0.2) is 5.84 Å². The molecule has 5 nitrogen and oxygen atoms in total. The quantitative estimate of drug-likeness (QED) is 0.717. The van der Waals surface area contributed by atoms with E-state index in [9.17, 15) is 0 Å². The highest BCUT2D eigenvalue weighted by atomic mass is 16.7. The van der Waals surface area contributed by atoms with Crippen molar-refractivity contribution in [1.29, 1.82) is 0 Å². The molecule has 0 unspecified atom stereocenters. The third kappa shape index (κ3) is 1.45. The summed E-state index contributed by atoms with van der Waals surface area (Å²) in [4.78, 5) is 6.88. The molecule has 3 aliphatic heterocycles. The second-order valence-corrected chi connectivity index (χ2v) is 5.15. The zero-order chi connectivity index (χ0) is 12.9. The van der Waals surface area contributed by atoms with Gasteiger partial charge in [0.2, 0.25) is 0 Å². The van der Waals surface area contributed by atoms with Gasteiger partial charge in [0.1, 0.15) is 0 Å². The zero-order valence-electron chi connectivity index (χ0n) is 10.8. The molecule has 1 saturated heterocycles. The van der Waals surface area contributed by atoms with Crippen LogP contribution >= 0.6 is 0 Å². The molecule has 100 valence electrons. The Labute approximate surface area is 112 Å². The molecule has 0 radical (unpaired) electrons. The van der Waals surface area contributed by atoms with E-state index in [-0.39, 0.29) is 0 Å². The van der Waals surface area contributed by atoms with Crippen molar-refractivity contribution in [3.63, 3.8) is 0 Å². The number of anilines is 2. The summed E-state index contributed by atoms with van der Waals surface area (Å²) in [6.45, 7) is 3.19. The third-order valence-electron chi connectivity index (χ3n) is 3.92. The van der Waals surface area contributed by atoms with E-state index in [4.69, 9.17) is 15.2 Å². The summed E-state index contributed by atoms with van der Waals surface area (Å²) in [7, 11) is 0. The molecule has 5 heteroatoms. The van der Waals surface area contributed by atoms with E-state index in [2.05, 4.69) is 9.89 Å². The number of benzene rings is 1. The minimum absolute atomic E-state index is 0.696. The Balaban J connectivity index is 1.93. The van der Waals surface area contributed by atoms with E-state index in [1.807, 2.05) is 18.2 Å². The van der Waals surface area contributed by atoms with Crippen LogP contribution in [0.4, 0.5) is 11.4 Å². The highest BCUT2D eigenvalue weighted by molar-refractivity contribution is 6.10. The first-order valence-electron chi connectivity index (χ1n) is 6.82. The summed E-state index contributed by atoms with van der Waals surface area (Å²) in [5, 5.41) is 0. The number of hydrogen-bond acceptors (Lipinski definition) is 5. The van der Waals surface area contributed by atoms with Crippen molar-refractivity contribution < 1.29 is 9.47 Å². The Morgan fingerprint density at radius 1 is 1.21 bits per heavy atom. The Kier molecular flexibility index (Phi) is 2.34. The summed E-state index contributed by atoms with van der Waals surface area (Å²) >= 11 is 0. The number of amidine groups is 1. The number of hydrogen-bond donors (Lipinski definition) is 1. The van der Waals surface area contributed by atoms with Crippen LogP contribution in [0.5, 0.6) is 0 Å². The second kappa shape index (κ2) is 3.95. The van der Waals surface area contributed by atoms with Crippen molar-refractivity contribution in [3.8, 4) is 0 Å². The fraction of sp³-hybridized carbons (Fsp3) is 0.500. The van der Waals surface area contributed by atoms with E-state index in [0.29, 0.717) is 13.2 Å². The molecule has 1 aromatic carbocycles. The molecule has 0 bridgehead atoms. The van der Waals surface area contributed by atoms with Crippen LogP contribution in [-0.2, 0) is 15.3 Å². The smallest absolute Gasteiger partial charge is 0.257 e. The fourth-order valence-corrected chi connectivity index (χ4v) is 3.11. The van der Waals surface area contributed by atoms with Crippen LogP contribution in [0, 0.1) is 0 Å². The maximum atomic E-state index is 6.03. The van der Waals surface area contributed by atoms with Crippen molar-refractivity contribution >= 4 is 17.2 Å². The predicted molar refractivity (Wildman–Crippen MR) is 73.3 cm³/mol. The van der Waals surface area contributed by atoms with E-state index in [1.165, 1.54) is 0 Å². The fourth-order valence-electron chi connectivity index (χ4n) is 3.11. The van der Waals surface area contributed by atoms with Gasteiger partial charge in [-0.25, -0.2) is 0 Å². The first kappa shape index (κ1) is 11.3. The minimum Gasteiger partial charge on any atom is -0.399 e. The largest absolute Gasteiger partial charge is 0.399 e. The molecule has 3 aliphatic rings. The van der Waals surface area contributed by atoms with Gasteiger partial charge in [0.25, 0.3) is 5.79 Å². The van der Waals surface area contributed by atoms with Gasteiger partial charge in [-0.15, -0.1) is 0 Å². The number of fused-ring (bicyclic) bond motifs is 5. The molecule has 0 aliphatic carbocycles. The van der Waals surface area contributed by atoms with E-state index >= 15 is 0 Å².